The normalized spacial score (nSPS) is 20.1. The van der Waals surface area contributed by atoms with E-state index >= 15 is 0 Å². The smallest absolute Gasteiger partial charge is 0.307 e. The molecule has 2 rings (SSSR count). The van der Waals surface area contributed by atoms with Crippen LogP contribution >= 0.6 is 23.2 Å². The highest BCUT2D eigenvalue weighted by Crippen LogP contribution is 2.19. The van der Waals surface area contributed by atoms with Crippen LogP contribution in [-0.4, -0.2) is 27.4 Å². The Morgan fingerprint density at radius 3 is 2.40 bits per heavy atom. The standard InChI is InChI=1S/C8H7ClO2.C6H10ClNO/c9-7-3-1-6(2-4-7)5-8(10)11;7-5-3-1-2-4-6(5)8-9/h1-4H,5H2,(H,10,11);5,9H,1-4H2/b;8-6-. The molecule has 0 heterocycles. The van der Waals surface area contributed by atoms with E-state index in [1.807, 2.05) is 0 Å². The molecule has 0 radical (unpaired) electrons. The van der Waals surface area contributed by atoms with E-state index in [0.29, 0.717) is 5.02 Å². The fourth-order valence-electron chi connectivity index (χ4n) is 1.84. The molecule has 4 nitrogen and oxygen atoms in total. The van der Waals surface area contributed by atoms with Crippen LogP contribution in [0.4, 0.5) is 0 Å². The first-order valence-corrected chi connectivity index (χ1v) is 7.15. The summed E-state index contributed by atoms with van der Waals surface area (Å²) in [5.41, 5.74) is 1.52. The average Bonchev–Trinajstić information content (AvgIpc) is 2.42. The molecule has 1 atom stereocenters. The third kappa shape index (κ3) is 6.26. The maximum Gasteiger partial charge on any atom is 0.307 e. The predicted molar refractivity (Wildman–Crippen MR) is 80.1 cm³/mol. The molecule has 110 valence electrons. The summed E-state index contributed by atoms with van der Waals surface area (Å²) in [6, 6.07) is 6.77. The Labute approximate surface area is 128 Å². The molecule has 0 aliphatic heterocycles. The Bertz CT molecular complexity index is 460. The lowest BCUT2D eigenvalue weighted by atomic mass is 9.98. The van der Waals surface area contributed by atoms with Crippen molar-refractivity contribution in [1.82, 2.24) is 0 Å². The zero-order valence-corrected chi connectivity index (χ0v) is 12.4. The molecule has 1 aromatic carbocycles. The monoisotopic (exact) mass is 317 g/mol. The lowest BCUT2D eigenvalue weighted by molar-refractivity contribution is -0.136. The van der Waals surface area contributed by atoms with Crippen LogP contribution in [0.2, 0.25) is 5.02 Å². The molecule has 1 fully saturated rings. The summed E-state index contributed by atoms with van der Waals surface area (Å²) in [6.45, 7) is 0. The van der Waals surface area contributed by atoms with Crippen molar-refractivity contribution in [1.29, 1.82) is 0 Å². The number of nitrogens with zero attached hydrogens (tertiary/aromatic N) is 1. The molecule has 2 N–H and O–H groups in total. The Morgan fingerprint density at radius 2 is 1.95 bits per heavy atom. The number of rotatable bonds is 2. The quantitative estimate of drug-likeness (QED) is 0.492. The van der Waals surface area contributed by atoms with Crippen LogP contribution in [0.5, 0.6) is 0 Å². The Morgan fingerprint density at radius 1 is 1.30 bits per heavy atom. The molecule has 0 spiro atoms. The van der Waals surface area contributed by atoms with E-state index in [1.165, 1.54) is 0 Å². The van der Waals surface area contributed by atoms with Gasteiger partial charge in [-0.25, -0.2) is 0 Å². The molecule has 1 unspecified atom stereocenters. The van der Waals surface area contributed by atoms with E-state index < -0.39 is 5.97 Å². The second-order valence-corrected chi connectivity index (χ2v) is 5.46. The third-order valence-corrected chi connectivity index (χ3v) is 3.62. The minimum atomic E-state index is -0.827. The summed E-state index contributed by atoms with van der Waals surface area (Å²) in [7, 11) is 0. The Balaban J connectivity index is 0.000000204. The average molecular weight is 318 g/mol. The van der Waals surface area contributed by atoms with Gasteiger partial charge >= 0.3 is 5.97 Å². The number of carbonyl (C=O) groups is 1. The minimum absolute atomic E-state index is 0.0104. The second-order valence-electron chi connectivity index (χ2n) is 4.50. The predicted octanol–water partition coefficient (Wildman–Crippen LogP) is 3.97. The van der Waals surface area contributed by atoms with Crippen LogP contribution in [0.1, 0.15) is 31.2 Å². The largest absolute Gasteiger partial charge is 0.481 e. The van der Waals surface area contributed by atoms with Crippen molar-refractivity contribution in [2.24, 2.45) is 5.16 Å². The van der Waals surface area contributed by atoms with Gasteiger partial charge in [-0.3, -0.25) is 4.79 Å². The van der Waals surface area contributed by atoms with Crippen LogP contribution < -0.4 is 0 Å². The fourth-order valence-corrected chi connectivity index (χ4v) is 2.28. The van der Waals surface area contributed by atoms with Gasteiger partial charge < -0.3 is 10.3 Å². The van der Waals surface area contributed by atoms with E-state index in [4.69, 9.17) is 33.5 Å². The zero-order chi connectivity index (χ0) is 15.0. The molecule has 0 aromatic heterocycles. The molecule has 1 aliphatic rings. The molecule has 0 bridgehead atoms. The Kier molecular flexibility index (Phi) is 7.41. The molecule has 20 heavy (non-hydrogen) atoms. The number of alkyl halides is 1. The van der Waals surface area contributed by atoms with E-state index in [1.54, 1.807) is 24.3 Å². The van der Waals surface area contributed by atoms with Crippen LogP contribution in [0, 0.1) is 0 Å². The highest BCUT2D eigenvalue weighted by Gasteiger charge is 2.17. The van der Waals surface area contributed by atoms with Gasteiger partial charge in [-0.15, -0.1) is 11.6 Å². The molecule has 1 aromatic rings. The first kappa shape index (κ1) is 16.8. The van der Waals surface area contributed by atoms with E-state index in [9.17, 15) is 4.79 Å². The van der Waals surface area contributed by atoms with Gasteiger partial charge in [-0.05, 0) is 37.0 Å². The fraction of sp³-hybridized carbons (Fsp3) is 0.429. The molecule has 0 saturated heterocycles. The third-order valence-electron chi connectivity index (χ3n) is 2.90. The van der Waals surface area contributed by atoms with Crippen molar-refractivity contribution in [3.05, 3.63) is 34.9 Å². The summed E-state index contributed by atoms with van der Waals surface area (Å²) in [5.74, 6) is -0.827. The summed E-state index contributed by atoms with van der Waals surface area (Å²) < 4.78 is 0. The lowest BCUT2D eigenvalue weighted by Crippen LogP contribution is -2.18. The molecular weight excluding hydrogens is 301 g/mol. The molecule has 0 amide bonds. The van der Waals surface area contributed by atoms with Gasteiger partial charge in [-0.1, -0.05) is 35.3 Å². The molecule has 1 saturated carbocycles. The van der Waals surface area contributed by atoms with Crippen LogP contribution in [0.25, 0.3) is 0 Å². The number of hydrogen-bond donors (Lipinski definition) is 2. The number of hydrogen-bond acceptors (Lipinski definition) is 3. The van der Waals surface area contributed by atoms with Crippen molar-refractivity contribution < 1.29 is 15.1 Å². The highest BCUT2D eigenvalue weighted by atomic mass is 35.5. The Hall–Kier alpha value is -1.26. The number of carboxylic acids is 1. The summed E-state index contributed by atoms with van der Waals surface area (Å²) in [6.07, 6.45) is 4.15. The summed E-state index contributed by atoms with van der Waals surface area (Å²) >= 11 is 11.4. The molecular formula is C14H17Cl2NO3. The van der Waals surface area contributed by atoms with E-state index in [0.717, 1.165) is 37.0 Å². The maximum atomic E-state index is 10.2. The van der Waals surface area contributed by atoms with Gasteiger partial charge in [0.2, 0.25) is 0 Å². The summed E-state index contributed by atoms with van der Waals surface area (Å²) in [5, 5.41) is 20.5. The van der Waals surface area contributed by atoms with Crippen molar-refractivity contribution in [2.75, 3.05) is 0 Å². The van der Waals surface area contributed by atoms with Crippen molar-refractivity contribution in [3.8, 4) is 0 Å². The minimum Gasteiger partial charge on any atom is -0.481 e. The van der Waals surface area contributed by atoms with Crippen molar-refractivity contribution >= 4 is 34.9 Å². The SMILES string of the molecule is O/N=C1/CCCCC1Cl.O=C(O)Cc1ccc(Cl)cc1. The van der Waals surface area contributed by atoms with Crippen LogP contribution in [0.15, 0.2) is 29.4 Å². The molecule has 6 heteroatoms. The van der Waals surface area contributed by atoms with Gasteiger partial charge in [0.05, 0.1) is 17.5 Å². The highest BCUT2D eigenvalue weighted by molar-refractivity contribution is 6.32. The number of benzene rings is 1. The number of aliphatic carboxylic acids is 1. The van der Waals surface area contributed by atoms with Crippen LogP contribution in [-0.2, 0) is 11.2 Å². The van der Waals surface area contributed by atoms with Crippen molar-refractivity contribution in [2.45, 2.75) is 37.5 Å². The van der Waals surface area contributed by atoms with E-state index in [2.05, 4.69) is 5.16 Å². The van der Waals surface area contributed by atoms with Gasteiger partial charge in [-0.2, -0.15) is 0 Å². The number of halogens is 2. The summed E-state index contributed by atoms with van der Waals surface area (Å²) in [4.78, 5) is 10.2. The lowest BCUT2D eigenvalue weighted by Gasteiger charge is -2.15. The topological polar surface area (TPSA) is 69.9 Å². The van der Waals surface area contributed by atoms with Crippen molar-refractivity contribution in [3.63, 3.8) is 0 Å². The van der Waals surface area contributed by atoms with Gasteiger partial charge in [0, 0.05) is 5.02 Å². The van der Waals surface area contributed by atoms with Gasteiger partial charge in [0.25, 0.3) is 0 Å². The first-order chi connectivity index (χ1) is 9.52. The van der Waals surface area contributed by atoms with Gasteiger partial charge in [0.1, 0.15) is 0 Å². The van der Waals surface area contributed by atoms with E-state index in [-0.39, 0.29) is 11.8 Å². The molecule has 1 aliphatic carbocycles. The van der Waals surface area contributed by atoms with Crippen LogP contribution in [0.3, 0.4) is 0 Å². The zero-order valence-electron chi connectivity index (χ0n) is 10.9. The number of carboxylic acid groups (broad SMARTS) is 1. The maximum absolute atomic E-state index is 10.2. The first-order valence-electron chi connectivity index (χ1n) is 6.34. The van der Waals surface area contributed by atoms with Gasteiger partial charge in [0.15, 0.2) is 0 Å². The second kappa shape index (κ2) is 8.82. The number of oxime groups is 1.